The number of oxime groups is 1. The Morgan fingerprint density at radius 2 is 1.94 bits per heavy atom. The summed E-state index contributed by atoms with van der Waals surface area (Å²) in [7, 11) is -4.24. The van der Waals surface area contributed by atoms with Gasteiger partial charge in [0.25, 0.3) is 5.91 Å². The van der Waals surface area contributed by atoms with Gasteiger partial charge in [0.15, 0.2) is 10.8 Å². The molecule has 0 spiro atoms. The molecule has 1 aromatic rings. The fraction of sp³-hybridized carbons (Fsp3) is 0.556. The van der Waals surface area contributed by atoms with Gasteiger partial charge in [-0.25, -0.2) is 14.6 Å². The number of likely N-dealkylation sites (tertiary alicyclic amines) is 1. The Bertz CT molecular complexity index is 1060. The summed E-state index contributed by atoms with van der Waals surface area (Å²) in [4.78, 5) is 58.3. The van der Waals surface area contributed by atoms with Crippen molar-refractivity contribution in [1.29, 1.82) is 0 Å². The molecule has 17 heteroatoms. The lowest BCUT2D eigenvalue weighted by molar-refractivity contribution is -0.161. The summed E-state index contributed by atoms with van der Waals surface area (Å²) in [6.45, 7) is 4.84. The smallest absolute Gasteiger partial charge is 0.364 e. The van der Waals surface area contributed by atoms with E-state index >= 15 is 0 Å². The molecule has 1 unspecified atom stereocenters. The van der Waals surface area contributed by atoms with Crippen molar-refractivity contribution < 1.29 is 47.8 Å². The Morgan fingerprint density at radius 3 is 2.37 bits per heavy atom. The first-order valence-corrected chi connectivity index (χ1v) is 12.7. The highest BCUT2D eigenvalue weighted by atomic mass is 32.1. The molecule has 194 valence electrons. The molecule has 2 rings (SSSR count). The molecule has 0 aliphatic carbocycles. The van der Waals surface area contributed by atoms with E-state index in [1.807, 2.05) is 0 Å². The van der Waals surface area contributed by atoms with Crippen LogP contribution in [0.4, 0.5) is 5.13 Å². The van der Waals surface area contributed by atoms with E-state index in [1.165, 1.54) is 33.1 Å². The van der Waals surface area contributed by atoms with Gasteiger partial charge in [0, 0.05) is 5.38 Å². The molecule has 1 aromatic heterocycles. The standard InChI is InChI=1S/C18H26N5O10PS/c1-5-31-34(30,32-6-2)14(15(26)27)23-7-9(13(23)25)20-12(24)11(10-8-35-17(19)21-10)22-33-18(3,4)16(28)29/h8-9,14H,5-7H2,1-4H3,(H2,19,21)(H,20,24)(H,26,27)(H,28,29)/t9-,14?/m1/s1. The minimum Gasteiger partial charge on any atom is -0.479 e. The number of amides is 2. The third-order valence-corrected chi connectivity index (χ3v) is 7.57. The van der Waals surface area contributed by atoms with Gasteiger partial charge in [-0.05, 0) is 27.7 Å². The van der Waals surface area contributed by atoms with Crippen LogP contribution in [0.5, 0.6) is 0 Å². The van der Waals surface area contributed by atoms with Crippen molar-refractivity contribution in [3.63, 3.8) is 0 Å². The lowest BCUT2D eigenvalue weighted by Crippen LogP contribution is -2.68. The summed E-state index contributed by atoms with van der Waals surface area (Å²) in [5.74, 6) is -6.67. The molecule has 15 nitrogen and oxygen atoms in total. The van der Waals surface area contributed by atoms with Crippen LogP contribution < -0.4 is 11.1 Å². The summed E-state index contributed by atoms with van der Waals surface area (Å²) in [5, 5.41) is 26.2. The van der Waals surface area contributed by atoms with Gasteiger partial charge in [-0.1, -0.05) is 5.16 Å². The van der Waals surface area contributed by atoms with Crippen LogP contribution in [0, 0.1) is 0 Å². The van der Waals surface area contributed by atoms with Crippen LogP contribution in [0.1, 0.15) is 33.4 Å². The predicted molar refractivity (Wildman–Crippen MR) is 122 cm³/mol. The monoisotopic (exact) mass is 535 g/mol. The van der Waals surface area contributed by atoms with Crippen LogP contribution >= 0.6 is 18.9 Å². The second-order valence-electron chi connectivity index (χ2n) is 7.52. The third-order valence-electron chi connectivity index (χ3n) is 4.56. The number of β-lactam (4-membered cyclic amide) rings is 1. The maximum absolute atomic E-state index is 13.0. The molecular weight excluding hydrogens is 509 g/mol. The van der Waals surface area contributed by atoms with E-state index in [1.54, 1.807) is 0 Å². The minimum atomic E-state index is -4.24. The van der Waals surface area contributed by atoms with Gasteiger partial charge in [0.1, 0.15) is 11.7 Å². The number of carboxylic acids is 2. The highest BCUT2D eigenvalue weighted by Gasteiger charge is 2.54. The molecule has 2 atom stereocenters. The number of carbonyl (C=O) groups is 4. The Hall–Kier alpha value is -3.07. The Labute approximate surface area is 203 Å². The fourth-order valence-electron chi connectivity index (χ4n) is 2.78. The molecule has 2 heterocycles. The number of anilines is 1. The Kier molecular flexibility index (Phi) is 8.94. The van der Waals surface area contributed by atoms with Crippen LogP contribution in [0.3, 0.4) is 0 Å². The molecule has 0 saturated carbocycles. The molecular formula is C18H26N5O10PS. The molecule has 2 amide bonds. The number of carbonyl (C=O) groups excluding carboxylic acids is 2. The van der Waals surface area contributed by atoms with Gasteiger partial charge in [-0.15, -0.1) is 11.3 Å². The number of carboxylic acid groups (broad SMARTS) is 2. The highest BCUT2D eigenvalue weighted by molar-refractivity contribution is 7.55. The second-order valence-corrected chi connectivity index (χ2v) is 10.5. The topological polar surface area (TPSA) is 220 Å². The van der Waals surface area contributed by atoms with E-state index in [-0.39, 0.29) is 30.6 Å². The lowest BCUT2D eigenvalue weighted by atomic mass is 10.1. The molecule has 1 fully saturated rings. The molecule has 1 saturated heterocycles. The number of aliphatic carboxylic acids is 2. The quantitative estimate of drug-likeness (QED) is 0.116. The number of hydrogen-bond acceptors (Lipinski definition) is 12. The molecule has 35 heavy (non-hydrogen) atoms. The van der Waals surface area contributed by atoms with E-state index < -0.39 is 54.5 Å². The fourth-order valence-corrected chi connectivity index (χ4v) is 5.23. The van der Waals surface area contributed by atoms with Crippen LogP contribution in [-0.4, -0.2) is 86.7 Å². The molecule has 1 aliphatic rings. The number of nitrogens with zero attached hydrogens (tertiary/aromatic N) is 3. The minimum absolute atomic E-state index is 0.0320. The first-order chi connectivity index (χ1) is 16.3. The number of thiazole rings is 1. The summed E-state index contributed by atoms with van der Waals surface area (Å²) >= 11 is 0.983. The third kappa shape index (κ3) is 6.33. The maximum Gasteiger partial charge on any atom is 0.364 e. The van der Waals surface area contributed by atoms with Crippen molar-refractivity contribution in [3.05, 3.63) is 11.1 Å². The van der Waals surface area contributed by atoms with Gasteiger partial charge < -0.3 is 40.0 Å². The van der Waals surface area contributed by atoms with Crippen molar-refractivity contribution >= 4 is 53.5 Å². The largest absolute Gasteiger partial charge is 0.479 e. The molecule has 1 aliphatic heterocycles. The number of aromatic nitrogens is 1. The summed E-state index contributed by atoms with van der Waals surface area (Å²) in [5.41, 5.74) is 3.32. The van der Waals surface area contributed by atoms with E-state index in [9.17, 15) is 34.0 Å². The number of hydrogen-bond donors (Lipinski definition) is 4. The summed E-state index contributed by atoms with van der Waals surface area (Å²) in [6, 6.07) is -1.20. The van der Waals surface area contributed by atoms with Gasteiger partial charge >= 0.3 is 19.5 Å². The van der Waals surface area contributed by atoms with Crippen molar-refractivity contribution in [2.45, 2.75) is 45.1 Å². The number of nitrogen functional groups attached to an aromatic ring is 1. The number of nitrogens with two attached hydrogens (primary N) is 1. The Morgan fingerprint density at radius 1 is 1.34 bits per heavy atom. The predicted octanol–water partition coefficient (Wildman–Crippen LogP) is 0.313. The van der Waals surface area contributed by atoms with Gasteiger partial charge in [0.05, 0.1) is 19.8 Å². The zero-order chi connectivity index (χ0) is 26.6. The zero-order valence-corrected chi connectivity index (χ0v) is 21.0. The van der Waals surface area contributed by atoms with Crippen LogP contribution in [0.2, 0.25) is 0 Å². The summed E-state index contributed by atoms with van der Waals surface area (Å²) in [6.07, 6.45) is 0. The molecule has 0 aromatic carbocycles. The first-order valence-electron chi connectivity index (χ1n) is 10.2. The van der Waals surface area contributed by atoms with E-state index in [0.717, 1.165) is 16.2 Å². The van der Waals surface area contributed by atoms with Crippen molar-refractivity contribution in [2.24, 2.45) is 5.16 Å². The SMILES string of the molecule is CCOP(=O)(OCC)C(C(=O)O)N1C[C@@H](NC(=O)C(=NOC(C)(C)C(=O)O)c2csc(N)n2)C1=O. The van der Waals surface area contributed by atoms with Crippen molar-refractivity contribution in [2.75, 3.05) is 25.5 Å². The second kappa shape index (κ2) is 11.1. The highest BCUT2D eigenvalue weighted by Crippen LogP contribution is 2.55. The van der Waals surface area contributed by atoms with Crippen LogP contribution in [0.15, 0.2) is 10.5 Å². The normalized spacial score (nSPS) is 17.5. The summed E-state index contributed by atoms with van der Waals surface area (Å²) < 4.78 is 23.1. The molecule has 0 radical (unpaired) electrons. The number of rotatable bonds is 13. The van der Waals surface area contributed by atoms with Crippen LogP contribution in [0.25, 0.3) is 0 Å². The van der Waals surface area contributed by atoms with E-state index in [2.05, 4.69) is 15.5 Å². The van der Waals surface area contributed by atoms with Crippen molar-refractivity contribution in [1.82, 2.24) is 15.2 Å². The number of nitrogens with one attached hydrogen (secondary N) is 1. The van der Waals surface area contributed by atoms with Gasteiger partial charge in [0.2, 0.25) is 17.3 Å². The maximum atomic E-state index is 13.0. The van der Waals surface area contributed by atoms with Gasteiger partial charge in [-0.3, -0.25) is 14.2 Å². The molecule has 0 bridgehead atoms. The van der Waals surface area contributed by atoms with Gasteiger partial charge in [-0.2, -0.15) is 0 Å². The zero-order valence-electron chi connectivity index (χ0n) is 19.3. The first kappa shape index (κ1) is 28.2. The average molecular weight is 535 g/mol. The van der Waals surface area contributed by atoms with Crippen molar-refractivity contribution in [3.8, 4) is 0 Å². The van der Waals surface area contributed by atoms with Crippen LogP contribution in [-0.2, 0) is 37.6 Å². The van der Waals surface area contributed by atoms with E-state index in [4.69, 9.17) is 19.6 Å². The average Bonchev–Trinajstić information content (AvgIpc) is 3.18. The molecule has 5 N–H and O–H groups in total. The Balaban J connectivity index is 2.23. The lowest BCUT2D eigenvalue weighted by Gasteiger charge is -2.43. The van der Waals surface area contributed by atoms with E-state index in [0.29, 0.717) is 0 Å².